The largest absolute Gasteiger partial charge is 0.355 e. The summed E-state index contributed by atoms with van der Waals surface area (Å²) < 4.78 is 13.0. The van der Waals surface area contributed by atoms with Crippen LogP contribution in [0.3, 0.4) is 0 Å². The average Bonchev–Trinajstić information content (AvgIpc) is 2.44. The van der Waals surface area contributed by atoms with Crippen molar-refractivity contribution in [3.05, 3.63) is 34.6 Å². The van der Waals surface area contributed by atoms with E-state index in [1.54, 1.807) is 6.07 Å². The zero-order valence-corrected chi connectivity index (χ0v) is 13.0. The summed E-state index contributed by atoms with van der Waals surface area (Å²) in [5, 5.41) is 3.28. The maximum atomic E-state index is 13.0. The van der Waals surface area contributed by atoms with E-state index in [1.165, 1.54) is 12.1 Å². The van der Waals surface area contributed by atoms with Gasteiger partial charge < -0.3 is 5.32 Å². The van der Waals surface area contributed by atoms with Crippen LogP contribution in [0.1, 0.15) is 12.5 Å². The average molecular weight is 314 g/mol. The molecule has 1 heterocycles. The normalized spacial score (nSPS) is 16.9. The molecule has 4 nitrogen and oxygen atoms in total. The van der Waals surface area contributed by atoms with E-state index in [1.807, 2.05) is 6.92 Å². The molecule has 0 spiro atoms. The SMILES string of the molecule is CCNC(=O)CN1CCN(Cc2ccc(F)cc2Cl)CC1. The van der Waals surface area contributed by atoms with Gasteiger partial charge in [-0.2, -0.15) is 0 Å². The number of halogens is 2. The number of hydrogen-bond donors (Lipinski definition) is 1. The van der Waals surface area contributed by atoms with Gasteiger partial charge in [-0.05, 0) is 24.6 Å². The van der Waals surface area contributed by atoms with Gasteiger partial charge in [0, 0.05) is 44.3 Å². The molecule has 1 N–H and O–H groups in total. The molecule has 1 aromatic rings. The molecule has 0 radical (unpaired) electrons. The Labute approximate surface area is 129 Å². The van der Waals surface area contributed by atoms with E-state index in [9.17, 15) is 9.18 Å². The van der Waals surface area contributed by atoms with Crippen molar-refractivity contribution in [3.8, 4) is 0 Å². The molecule has 116 valence electrons. The summed E-state index contributed by atoms with van der Waals surface area (Å²) in [6.45, 7) is 7.24. The van der Waals surface area contributed by atoms with Gasteiger partial charge in [-0.15, -0.1) is 0 Å². The zero-order valence-electron chi connectivity index (χ0n) is 12.2. The molecule has 0 saturated carbocycles. The third-order valence-corrected chi connectivity index (χ3v) is 3.97. The van der Waals surface area contributed by atoms with E-state index in [-0.39, 0.29) is 11.7 Å². The summed E-state index contributed by atoms with van der Waals surface area (Å²) in [7, 11) is 0. The highest BCUT2D eigenvalue weighted by Gasteiger charge is 2.19. The summed E-state index contributed by atoms with van der Waals surface area (Å²) in [5.74, 6) is -0.233. The van der Waals surface area contributed by atoms with Crippen LogP contribution in [0.4, 0.5) is 4.39 Å². The first-order valence-corrected chi connectivity index (χ1v) is 7.61. The Hall–Kier alpha value is -1.17. The molecule has 1 amide bonds. The fourth-order valence-corrected chi connectivity index (χ4v) is 2.68. The van der Waals surface area contributed by atoms with Crippen molar-refractivity contribution in [2.45, 2.75) is 13.5 Å². The highest BCUT2D eigenvalue weighted by atomic mass is 35.5. The summed E-state index contributed by atoms with van der Waals surface area (Å²) in [6, 6.07) is 4.52. The van der Waals surface area contributed by atoms with E-state index in [0.717, 1.165) is 31.7 Å². The molecule has 1 saturated heterocycles. The first-order valence-electron chi connectivity index (χ1n) is 7.24. The molecule has 1 aliphatic heterocycles. The van der Waals surface area contributed by atoms with Crippen molar-refractivity contribution < 1.29 is 9.18 Å². The highest BCUT2D eigenvalue weighted by Crippen LogP contribution is 2.19. The molecule has 0 aliphatic carbocycles. The van der Waals surface area contributed by atoms with Gasteiger partial charge in [0.05, 0.1) is 6.54 Å². The lowest BCUT2D eigenvalue weighted by molar-refractivity contribution is -0.122. The monoisotopic (exact) mass is 313 g/mol. The Morgan fingerprint density at radius 1 is 1.29 bits per heavy atom. The molecule has 1 aliphatic rings. The number of carbonyl (C=O) groups is 1. The van der Waals surface area contributed by atoms with Gasteiger partial charge in [-0.1, -0.05) is 17.7 Å². The lowest BCUT2D eigenvalue weighted by Crippen LogP contribution is -2.49. The lowest BCUT2D eigenvalue weighted by Gasteiger charge is -2.34. The molecule has 1 fully saturated rings. The number of benzene rings is 1. The van der Waals surface area contributed by atoms with Crippen LogP contribution in [-0.4, -0.2) is 55.0 Å². The summed E-state index contributed by atoms with van der Waals surface area (Å²) >= 11 is 6.05. The predicted molar refractivity (Wildman–Crippen MR) is 81.8 cm³/mol. The van der Waals surface area contributed by atoms with Gasteiger partial charge in [-0.25, -0.2) is 4.39 Å². The van der Waals surface area contributed by atoms with Crippen LogP contribution in [0, 0.1) is 5.82 Å². The Bertz CT molecular complexity index is 490. The minimum atomic E-state index is -0.310. The second-order valence-corrected chi connectivity index (χ2v) is 5.65. The first-order chi connectivity index (χ1) is 10.1. The number of nitrogens with one attached hydrogen (secondary N) is 1. The molecule has 2 rings (SSSR count). The van der Waals surface area contributed by atoms with E-state index in [0.29, 0.717) is 24.7 Å². The number of carbonyl (C=O) groups excluding carboxylic acids is 1. The fraction of sp³-hybridized carbons (Fsp3) is 0.533. The van der Waals surface area contributed by atoms with Crippen molar-refractivity contribution >= 4 is 17.5 Å². The molecule has 21 heavy (non-hydrogen) atoms. The van der Waals surface area contributed by atoms with Gasteiger partial charge in [0.2, 0.25) is 5.91 Å². The number of nitrogens with zero attached hydrogens (tertiary/aromatic N) is 2. The summed E-state index contributed by atoms with van der Waals surface area (Å²) in [5.41, 5.74) is 0.940. The minimum absolute atomic E-state index is 0.0764. The predicted octanol–water partition coefficient (Wildman–Crippen LogP) is 1.73. The number of likely N-dealkylation sites (N-methyl/N-ethyl adjacent to an activating group) is 1. The van der Waals surface area contributed by atoms with E-state index in [2.05, 4.69) is 15.1 Å². The fourth-order valence-electron chi connectivity index (χ4n) is 2.45. The first kappa shape index (κ1) is 16.2. The summed E-state index contributed by atoms with van der Waals surface area (Å²) in [4.78, 5) is 16.0. The Morgan fingerprint density at radius 2 is 1.95 bits per heavy atom. The lowest BCUT2D eigenvalue weighted by atomic mass is 10.2. The second-order valence-electron chi connectivity index (χ2n) is 5.24. The molecule has 1 aromatic carbocycles. The van der Waals surface area contributed by atoms with Crippen molar-refractivity contribution in [2.75, 3.05) is 39.3 Å². The van der Waals surface area contributed by atoms with Gasteiger partial charge in [0.1, 0.15) is 5.82 Å². The Morgan fingerprint density at radius 3 is 2.57 bits per heavy atom. The number of piperazine rings is 1. The third-order valence-electron chi connectivity index (χ3n) is 3.62. The van der Waals surface area contributed by atoms with Crippen molar-refractivity contribution in [1.29, 1.82) is 0 Å². The van der Waals surface area contributed by atoms with Crippen LogP contribution in [-0.2, 0) is 11.3 Å². The van der Waals surface area contributed by atoms with E-state index < -0.39 is 0 Å². The Kier molecular flexibility index (Phi) is 5.96. The third kappa shape index (κ3) is 4.95. The quantitative estimate of drug-likeness (QED) is 0.899. The number of amides is 1. The van der Waals surface area contributed by atoms with Gasteiger partial charge in [0.25, 0.3) is 0 Å². The Balaban J connectivity index is 1.80. The van der Waals surface area contributed by atoms with Crippen molar-refractivity contribution in [1.82, 2.24) is 15.1 Å². The number of hydrogen-bond acceptors (Lipinski definition) is 3. The zero-order chi connectivity index (χ0) is 15.2. The maximum absolute atomic E-state index is 13.0. The molecule has 0 bridgehead atoms. The number of rotatable bonds is 5. The molecule has 6 heteroatoms. The molecule has 0 aromatic heterocycles. The van der Waals surface area contributed by atoms with Crippen LogP contribution in [0.15, 0.2) is 18.2 Å². The molecular weight excluding hydrogens is 293 g/mol. The van der Waals surface area contributed by atoms with Crippen LogP contribution in [0.25, 0.3) is 0 Å². The van der Waals surface area contributed by atoms with Gasteiger partial charge in [-0.3, -0.25) is 14.6 Å². The van der Waals surface area contributed by atoms with Crippen LogP contribution >= 0.6 is 11.6 Å². The molecule has 0 atom stereocenters. The minimum Gasteiger partial charge on any atom is -0.355 e. The molecular formula is C15H21ClFN3O. The van der Waals surface area contributed by atoms with E-state index in [4.69, 9.17) is 11.6 Å². The van der Waals surface area contributed by atoms with Gasteiger partial charge in [0.15, 0.2) is 0 Å². The smallest absolute Gasteiger partial charge is 0.234 e. The van der Waals surface area contributed by atoms with Crippen LogP contribution in [0.2, 0.25) is 5.02 Å². The highest BCUT2D eigenvalue weighted by molar-refractivity contribution is 6.31. The van der Waals surface area contributed by atoms with Crippen LogP contribution < -0.4 is 5.32 Å². The standard InChI is InChI=1S/C15H21ClFN3O/c1-2-18-15(21)11-20-7-5-19(6-8-20)10-12-3-4-13(17)9-14(12)16/h3-4,9H,2,5-8,10-11H2,1H3,(H,18,21). The van der Waals surface area contributed by atoms with Crippen molar-refractivity contribution in [3.63, 3.8) is 0 Å². The van der Waals surface area contributed by atoms with E-state index >= 15 is 0 Å². The van der Waals surface area contributed by atoms with Gasteiger partial charge >= 0.3 is 0 Å². The maximum Gasteiger partial charge on any atom is 0.234 e. The molecule has 0 unspecified atom stereocenters. The summed E-state index contributed by atoms with van der Waals surface area (Å²) in [6.07, 6.45) is 0. The van der Waals surface area contributed by atoms with Crippen LogP contribution in [0.5, 0.6) is 0 Å². The van der Waals surface area contributed by atoms with Crippen molar-refractivity contribution in [2.24, 2.45) is 0 Å². The second kappa shape index (κ2) is 7.73. The topological polar surface area (TPSA) is 35.6 Å².